The van der Waals surface area contributed by atoms with Crippen molar-refractivity contribution >= 4 is 12.4 Å². The lowest BCUT2D eigenvalue weighted by Gasteiger charge is -2.06. The van der Waals surface area contributed by atoms with Gasteiger partial charge in [-0.3, -0.25) is 0 Å². The normalized spacial score (nSPS) is 11.1. The van der Waals surface area contributed by atoms with Crippen LogP contribution in [-0.4, -0.2) is 6.54 Å². The zero-order valence-electron chi connectivity index (χ0n) is 7.31. The summed E-state index contributed by atoms with van der Waals surface area (Å²) >= 11 is 0. The molecular weight excluding hydrogens is 184 g/mol. The van der Waals surface area contributed by atoms with E-state index in [4.69, 9.17) is 11.0 Å². The molecule has 0 saturated carbocycles. The van der Waals surface area contributed by atoms with E-state index in [1.807, 2.05) is 30.3 Å². The summed E-state index contributed by atoms with van der Waals surface area (Å²) in [6.07, 6.45) is 0.737. The van der Waals surface area contributed by atoms with Crippen LogP contribution in [0.2, 0.25) is 0 Å². The van der Waals surface area contributed by atoms with E-state index in [1.54, 1.807) is 0 Å². The molecule has 0 aliphatic heterocycles. The van der Waals surface area contributed by atoms with Crippen molar-refractivity contribution < 1.29 is 0 Å². The molecule has 2 nitrogen and oxygen atoms in total. The fraction of sp³-hybridized carbons (Fsp3) is 0.300. The molecule has 1 aromatic carbocycles. The number of hydrogen-bond donors (Lipinski definition) is 1. The molecule has 0 aliphatic carbocycles. The van der Waals surface area contributed by atoms with Crippen LogP contribution in [-0.2, 0) is 0 Å². The second-order valence-electron chi connectivity index (χ2n) is 2.67. The predicted molar refractivity (Wildman–Crippen MR) is 55.7 cm³/mol. The maximum Gasteiger partial charge on any atom is 0.0724 e. The van der Waals surface area contributed by atoms with Gasteiger partial charge >= 0.3 is 0 Å². The number of halogens is 1. The molecule has 1 aromatic rings. The first-order valence-electron chi connectivity index (χ1n) is 4.03. The average Bonchev–Trinajstić information content (AvgIpc) is 2.15. The van der Waals surface area contributed by atoms with Gasteiger partial charge in [0.25, 0.3) is 0 Å². The van der Waals surface area contributed by atoms with Crippen molar-refractivity contribution in [2.24, 2.45) is 5.73 Å². The number of benzene rings is 1. The maximum atomic E-state index is 8.81. The Kier molecular flexibility index (Phi) is 5.96. The largest absolute Gasteiger partial charge is 0.330 e. The van der Waals surface area contributed by atoms with Gasteiger partial charge in [-0.1, -0.05) is 30.3 Å². The summed E-state index contributed by atoms with van der Waals surface area (Å²) in [6, 6.07) is 12.0. The summed E-state index contributed by atoms with van der Waals surface area (Å²) < 4.78 is 0. The van der Waals surface area contributed by atoms with Crippen molar-refractivity contribution in [3.63, 3.8) is 0 Å². The van der Waals surface area contributed by atoms with Crippen LogP contribution < -0.4 is 5.73 Å². The van der Waals surface area contributed by atoms with E-state index >= 15 is 0 Å². The van der Waals surface area contributed by atoms with Crippen LogP contribution in [0.1, 0.15) is 17.9 Å². The van der Waals surface area contributed by atoms with Crippen LogP contribution in [0, 0.1) is 11.3 Å². The van der Waals surface area contributed by atoms with E-state index in [0.29, 0.717) is 6.54 Å². The van der Waals surface area contributed by atoms with Crippen molar-refractivity contribution in [1.29, 1.82) is 5.26 Å². The molecule has 0 radical (unpaired) electrons. The number of hydrogen-bond acceptors (Lipinski definition) is 2. The molecule has 13 heavy (non-hydrogen) atoms. The van der Waals surface area contributed by atoms with Crippen molar-refractivity contribution in [3.05, 3.63) is 35.9 Å². The minimum Gasteiger partial charge on any atom is -0.330 e. The van der Waals surface area contributed by atoms with Crippen LogP contribution in [0.5, 0.6) is 0 Å². The fourth-order valence-corrected chi connectivity index (χ4v) is 1.16. The molecule has 0 fully saturated rings. The van der Waals surface area contributed by atoms with Crippen LogP contribution in [0.15, 0.2) is 30.3 Å². The van der Waals surface area contributed by atoms with Gasteiger partial charge in [0.2, 0.25) is 0 Å². The number of rotatable bonds is 3. The highest BCUT2D eigenvalue weighted by molar-refractivity contribution is 5.85. The van der Waals surface area contributed by atoms with Crippen LogP contribution in [0.3, 0.4) is 0 Å². The Bertz CT molecular complexity index is 266. The molecule has 0 spiro atoms. The molecule has 0 aromatic heterocycles. The monoisotopic (exact) mass is 196 g/mol. The molecule has 0 amide bonds. The molecule has 1 rings (SSSR count). The molecule has 0 bridgehead atoms. The number of nitriles is 1. The van der Waals surface area contributed by atoms with E-state index in [0.717, 1.165) is 12.0 Å². The topological polar surface area (TPSA) is 49.8 Å². The summed E-state index contributed by atoms with van der Waals surface area (Å²) in [6.45, 7) is 0.563. The summed E-state index contributed by atoms with van der Waals surface area (Å²) in [5.41, 5.74) is 6.45. The highest BCUT2D eigenvalue weighted by Crippen LogP contribution is 2.16. The Hall–Kier alpha value is -1.04. The maximum absolute atomic E-state index is 8.81. The van der Waals surface area contributed by atoms with E-state index in [-0.39, 0.29) is 18.3 Å². The third kappa shape index (κ3) is 3.45. The Morgan fingerprint density at radius 1 is 1.31 bits per heavy atom. The molecule has 70 valence electrons. The molecule has 3 heteroatoms. The highest BCUT2D eigenvalue weighted by atomic mass is 35.5. The third-order valence-electron chi connectivity index (χ3n) is 1.81. The molecule has 0 saturated heterocycles. The molecule has 1 atom stereocenters. The first-order valence-corrected chi connectivity index (χ1v) is 4.03. The summed E-state index contributed by atoms with van der Waals surface area (Å²) in [5, 5.41) is 8.81. The Morgan fingerprint density at radius 2 is 1.92 bits per heavy atom. The van der Waals surface area contributed by atoms with Crippen molar-refractivity contribution in [2.75, 3.05) is 6.54 Å². The van der Waals surface area contributed by atoms with E-state index in [1.165, 1.54) is 0 Å². The highest BCUT2D eigenvalue weighted by Gasteiger charge is 2.07. The first kappa shape index (κ1) is 12.0. The van der Waals surface area contributed by atoms with Crippen molar-refractivity contribution in [2.45, 2.75) is 12.3 Å². The van der Waals surface area contributed by atoms with Gasteiger partial charge in [0, 0.05) is 0 Å². The summed E-state index contributed by atoms with van der Waals surface area (Å²) in [7, 11) is 0. The average molecular weight is 197 g/mol. The second-order valence-corrected chi connectivity index (χ2v) is 2.67. The molecule has 1 unspecified atom stereocenters. The Balaban J connectivity index is 0.00000144. The smallest absolute Gasteiger partial charge is 0.0724 e. The van der Waals surface area contributed by atoms with Gasteiger partial charge in [0.1, 0.15) is 0 Å². The molecule has 2 N–H and O–H groups in total. The van der Waals surface area contributed by atoms with Crippen LogP contribution >= 0.6 is 12.4 Å². The lowest BCUT2D eigenvalue weighted by molar-refractivity contribution is 0.758. The van der Waals surface area contributed by atoms with Crippen LogP contribution in [0.4, 0.5) is 0 Å². The van der Waals surface area contributed by atoms with E-state index in [9.17, 15) is 0 Å². The standard InChI is InChI=1S/C10H12N2.ClH/c11-7-6-10(8-12)9-4-2-1-3-5-9;/h1-5,10H,6-7,11H2;1H. The fourth-order valence-electron chi connectivity index (χ4n) is 1.16. The Labute approximate surface area is 84.8 Å². The number of nitrogens with two attached hydrogens (primary N) is 1. The van der Waals surface area contributed by atoms with E-state index in [2.05, 4.69) is 6.07 Å². The SMILES string of the molecule is Cl.N#CC(CCN)c1ccccc1. The van der Waals surface area contributed by atoms with Gasteiger partial charge in [-0.25, -0.2) is 0 Å². The second kappa shape index (κ2) is 6.47. The van der Waals surface area contributed by atoms with Crippen LogP contribution in [0.25, 0.3) is 0 Å². The van der Waals surface area contributed by atoms with Crippen molar-refractivity contribution in [3.8, 4) is 6.07 Å². The first-order chi connectivity index (χ1) is 5.88. The molecular formula is C10H13ClN2. The van der Waals surface area contributed by atoms with Gasteiger partial charge < -0.3 is 5.73 Å². The quantitative estimate of drug-likeness (QED) is 0.805. The Morgan fingerprint density at radius 3 is 2.38 bits per heavy atom. The van der Waals surface area contributed by atoms with E-state index < -0.39 is 0 Å². The number of nitrogens with zero attached hydrogens (tertiary/aromatic N) is 1. The predicted octanol–water partition coefficient (Wildman–Crippen LogP) is 2.06. The van der Waals surface area contributed by atoms with Gasteiger partial charge in [-0.05, 0) is 18.5 Å². The lowest BCUT2D eigenvalue weighted by atomic mass is 9.98. The van der Waals surface area contributed by atoms with Crippen molar-refractivity contribution in [1.82, 2.24) is 0 Å². The summed E-state index contributed by atoms with van der Waals surface area (Å²) in [5.74, 6) is -0.0452. The zero-order valence-corrected chi connectivity index (χ0v) is 8.13. The van der Waals surface area contributed by atoms with Gasteiger partial charge in [-0.15, -0.1) is 12.4 Å². The third-order valence-corrected chi connectivity index (χ3v) is 1.81. The van der Waals surface area contributed by atoms with Gasteiger partial charge in [0.15, 0.2) is 0 Å². The zero-order chi connectivity index (χ0) is 8.81. The molecule has 0 aliphatic rings. The summed E-state index contributed by atoms with van der Waals surface area (Å²) in [4.78, 5) is 0. The van der Waals surface area contributed by atoms with Gasteiger partial charge in [0.05, 0.1) is 12.0 Å². The minimum absolute atomic E-state index is 0. The minimum atomic E-state index is -0.0452. The lowest BCUT2D eigenvalue weighted by Crippen LogP contribution is -2.05. The molecule has 0 heterocycles. The van der Waals surface area contributed by atoms with Gasteiger partial charge in [-0.2, -0.15) is 5.26 Å².